The smallest absolute Gasteiger partial charge is 0.261 e. The number of amides is 2. The molecular weight excluding hydrogens is 282 g/mol. The summed E-state index contributed by atoms with van der Waals surface area (Å²) >= 11 is 0. The van der Waals surface area contributed by atoms with Gasteiger partial charge in [-0.2, -0.15) is 0 Å². The molecule has 2 rings (SSSR count). The molecule has 0 aromatic heterocycles. The molecule has 114 valence electrons. The van der Waals surface area contributed by atoms with Crippen molar-refractivity contribution in [1.29, 1.82) is 0 Å². The molecule has 2 amide bonds. The van der Waals surface area contributed by atoms with E-state index in [0.717, 1.165) is 25.9 Å². The van der Waals surface area contributed by atoms with Gasteiger partial charge in [-0.05, 0) is 51.0 Å². The summed E-state index contributed by atoms with van der Waals surface area (Å²) in [5, 5.41) is 0. The first-order valence-electron chi connectivity index (χ1n) is 7.49. The van der Waals surface area contributed by atoms with E-state index in [1.54, 1.807) is 24.3 Å². The monoisotopic (exact) mass is 305 g/mol. The van der Waals surface area contributed by atoms with Gasteiger partial charge in [-0.1, -0.05) is 12.1 Å². The maximum atomic E-state index is 12.1. The van der Waals surface area contributed by atoms with Gasteiger partial charge < -0.3 is 4.43 Å². The second kappa shape index (κ2) is 6.53. The van der Waals surface area contributed by atoms with E-state index in [0.29, 0.717) is 17.7 Å². The van der Waals surface area contributed by atoms with Crippen LogP contribution in [0.15, 0.2) is 24.3 Å². The number of carbonyl (C=O) groups is 2. The van der Waals surface area contributed by atoms with E-state index in [-0.39, 0.29) is 11.8 Å². The van der Waals surface area contributed by atoms with Crippen molar-refractivity contribution < 1.29 is 14.0 Å². The fraction of sp³-hybridized carbons (Fsp3) is 0.500. The summed E-state index contributed by atoms with van der Waals surface area (Å²) < 4.78 is 5.79. The van der Waals surface area contributed by atoms with Crippen molar-refractivity contribution >= 4 is 20.1 Å². The fourth-order valence-electron chi connectivity index (χ4n) is 2.37. The van der Waals surface area contributed by atoms with Crippen molar-refractivity contribution in [3.8, 4) is 0 Å². The zero-order chi connectivity index (χ0) is 15.5. The van der Waals surface area contributed by atoms with Crippen molar-refractivity contribution in [2.75, 3.05) is 13.2 Å². The van der Waals surface area contributed by atoms with E-state index in [1.165, 1.54) is 4.90 Å². The van der Waals surface area contributed by atoms with Crippen LogP contribution in [0.3, 0.4) is 0 Å². The number of benzene rings is 1. The van der Waals surface area contributed by atoms with Crippen molar-refractivity contribution in [3.63, 3.8) is 0 Å². The van der Waals surface area contributed by atoms with E-state index < -0.39 is 8.32 Å². The summed E-state index contributed by atoms with van der Waals surface area (Å²) in [5.41, 5.74) is 1.06. The highest BCUT2D eigenvalue weighted by molar-refractivity contribution is 6.69. The Kier molecular flexibility index (Phi) is 4.95. The highest BCUT2D eigenvalue weighted by atomic mass is 28.4. The average molecular weight is 305 g/mol. The minimum Gasteiger partial charge on any atom is -0.418 e. The van der Waals surface area contributed by atoms with Crippen LogP contribution in [-0.4, -0.2) is 38.2 Å². The molecule has 1 aliphatic rings. The predicted octanol–water partition coefficient (Wildman–Crippen LogP) is 3.30. The average Bonchev–Trinajstić information content (AvgIpc) is 2.66. The van der Waals surface area contributed by atoms with Crippen LogP contribution in [-0.2, 0) is 4.43 Å². The molecule has 0 atom stereocenters. The molecular formula is C16H23NO3Si. The van der Waals surface area contributed by atoms with Gasteiger partial charge >= 0.3 is 0 Å². The predicted molar refractivity (Wildman–Crippen MR) is 85.0 cm³/mol. The number of carbonyl (C=O) groups excluding carboxylic acids is 2. The summed E-state index contributed by atoms with van der Waals surface area (Å²) in [7, 11) is -1.43. The topological polar surface area (TPSA) is 46.6 Å². The molecule has 0 N–H and O–H groups in total. The molecule has 21 heavy (non-hydrogen) atoms. The summed E-state index contributed by atoms with van der Waals surface area (Å²) in [6.45, 7) is 7.79. The molecule has 1 aromatic rings. The molecule has 0 aliphatic carbocycles. The van der Waals surface area contributed by atoms with Crippen molar-refractivity contribution in [2.24, 2.45) is 0 Å². The van der Waals surface area contributed by atoms with Gasteiger partial charge in [0.1, 0.15) is 0 Å². The minimum atomic E-state index is -1.43. The first-order valence-corrected chi connectivity index (χ1v) is 10.9. The lowest BCUT2D eigenvalue weighted by Gasteiger charge is -2.17. The Morgan fingerprint density at radius 1 is 0.952 bits per heavy atom. The van der Waals surface area contributed by atoms with Crippen LogP contribution in [0.25, 0.3) is 0 Å². The standard InChI is InChI=1S/C16H23NO3Si/c1-21(2,3)20-12-8-4-7-11-17-15(18)13-9-5-6-10-14(13)16(17)19/h5-6,9-10H,4,7-8,11-12H2,1-3H3. The maximum Gasteiger partial charge on any atom is 0.261 e. The second-order valence-electron chi connectivity index (χ2n) is 6.33. The van der Waals surface area contributed by atoms with Gasteiger partial charge in [0.15, 0.2) is 8.32 Å². The van der Waals surface area contributed by atoms with E-state index in [4.69, 9.17) is 4.43 Å². The third-order valence-electron chi connectivity index (χ3n) is 3.44. The van der Waals surface area contributed by atoms with Crippen LogP contribution in [0.5, 0.6) is 0 Å². The minimum absolute atomic E-state index is 0.158. The highest BCUT2D eigenvalue weighted by Gasteiger charge is 2.34. The van der Waals surface area contributed by atoms with E-state index in [2.05, 4.69) is 19.6 Å². The number of rotatable bonds is 7. The number of imide groups is 1. The van der Waals surface area contributed by atoms with Gasteiger partial charge in [0, 0.05) is 13.2 Å². The molecule has 1 aliphatic heterocycles. The van der Waals surface area contributed by atoms with Gasteiger partial charge in [0.2, 0.25) is 0 Å². The van der Waals surface area contributed by atoms with Crippen LogP contribution < -0.4 is 0 Å². The molecule has 0 unspecified atom stereocenters. The Balaban J connectivity index is 1.76. The summed E-state index contributed by atoms with van der Waals surface area (Å²) in [6, 6.07) is 7.03. The SMILES string of the molecule is C[Si](C)(C)OCCCCCN1C(=O)c2ccccc2C1=O. The molecule has 0 saturated heterocycles. The Morgan fingerprint density at radius 2 is 1.52 bits per heavy atom. The third-order valence-corrected chi connectivity index (χ3v) is 4.51. The summed E-state index contributed by atoms with van der Waals surface area (Å²) in [4.78, 5) is 25.7. The van der Waals surface area contributed by atoms with E-state index >= 15 is 0 Å². The van der Waals surface area contributed by atoms with Crippen LogP contribution in [0.4, 0.5) is 0 Å². The van der Waals surface area contributed by atoms with Crippen molar-refractivity contribution in [2.45, 2.75) is 38.9 Å². The van der Waals surface area contributed by atoms with Crippen LogP contribution in [0.1, 0.15) is 40.0 Å². The van der Waals surface area contributed by atoms with Crippen LogP contribution in [0.2, 0.25) is 19.6 Å². The quantitative estimate of drug-likeness (QED) is 0.441. The largest absolute Gasteiger partial charge is 0.418 e. The van der Waals surface area contributed by atoms with Gasteiger partial charge in [0.05, 0.1) is 11.1 Å². The van der Waals surface area contributed by atoms with Gasteiger partial charge in [-0.3, -0.25) is 14.5 Å². The van der Waals surface area contributed by atoms with Crippen molar-refractivity contribution in [1.82, 2.24) is 4.90 Å². The van der Waals surface area contributed by atoms with Crippen LogP contribution >= 0.6 is 0 Å². The lowest BCUT2D eigenvalue weighted by molar-refractivity contribution is 0.0651. The normalized spacial score (nSPS) is 14.7. The zero-order valence-corrected chi connectivity index (χ0v) is 14.0. The summed E-state index contributed by atoms with van der Waals surface area (Å²) in [6.07, 6.45) is 2.78. The fourth-order valence-corrected chi connectivity index (χ4v) is 3.13. The molecule has 0 spiro atoms. The van der Waals surface area contributed by atoms with E-state index in [1.807, 2.05) is 0 Å². The summed E-state index contributed by atoms with van der Waals surface area (Å²) in [5.74, 6) is -0.317. The number of nitrogens with zero attached hydrogens (tertiary/aromatic N) is 1. The van der Waals surface area contributed by atoms with E-state index in [9.17, 15) is 9.59 Å². The first kappa shape index (κ1) is 15.9. The Bertz CT molecular complexity index is 502. The maximum absolute atomic E-state index is 12.1. The van der Waals surface area contributed by atoms with Crippen LogP contribution in [0, 0.1) is 0 Å². The zero-order valence-electron chi connectivity index (χ0n) is 13.0. The Hall–Kier alpha value is -1.46. The first-order chi connectivity index (χ1) is 9.90. The van der Waals surface area contributed by atoms with Gasteiger partial charge in [0.25, 0.3) is 11.8 Å². The lowest BCUT2D eigenvalue weighted by atomic mass is 10.1. The number of unbranched alkanes of at least 4 members (excludes halogenated alkanes) is 2. The Labute approximate surface area is 127 Å². The molecule has 1 heterocycles. The molecule has 0 fully saturated rings. The molecule has 4 nitrogen and oxygen atoms in total. The molecule has 0 saturated carbocycles. The molecule has 0 radical (unpaired) electrons. The molecule has 0 bridgehead atoms. The second-order valence-corrected chi connectivity index (χ2v) is 10.8. The number of fused-ring (bicyclic) bond motifs is 1. The molecule has 5 heteroatoms. The van der Waals surface area contributed by atoms with Gasteiger partial charge in [-0.15, -0.1) is 0 Å². The third kappa shape index (κ3) is 4.01. The highest BCUT2D eigenvalue weighted by Crippen LogP contribution is 2.22. The number of hydrogen-bond donors (Lipinski definition) is 0. The molecule has 1 aromatic carbocycles. The lowest BCUT2D eigenvalue weighted by Crippen LogP contribution is -2.30. The number of hydrogen-bond acceptors (Lipinski definition) is 3. The van der Waals surface area contributed by atoms with Crippen molar-refractivity contribution in [3.05, 3.63) is 35.4 Å². The Morgan fingerprint density at radius 3 is 2.05 bits per heavy atom. The van der Waals surface area contributed by atoms with Gasteiger partial charge in [-0.25, -0.2) is 0 Å².